The van der Waals surface area contributed by atoms with Gasteiger partial charge in [-0.3, -0.25) is 9.59 Å². The molecule has 6 heteroatoms. The first-order valence-corrected chi connectivity index (χ1v) is 9.18. The summed E-state index contributed by atoms with van der Waals surface area (Å²) < 4.78 is 0. The smallest absolute Gasteiger partial charge is 0.253 e. The summed E-state index contributed by atoms with van der Waals surface area (Å²) in [7, 11) is 3.44. The number of carbonyl (C=O) groups is 2. The summed E-state index contributed by atoms with van der Waals surface area (Å²) >= 11 is 0. The Morgan fingerprint density at radius 2 is 1.81 bits per heavy atom. The lowest BCUT2D eigenvalue weighted by Gasteiger charge is -2.22. The molecule has 2 amide bonds. The molecule has 4 rings (SSSR count). The number of para-hydroxylation sites is 1. The van der Waals surface area contributed by atoms with Gasteiger partial charge in [-0.1, -0.05) is 18.2 Å². The molecule has 0 aliphatic carbocycles. The van der Waals surface area contributed by atoms with E-state index >= 15 is 0 Å². The minimum Gasteiger partial charge on any atom is -0.384 e. The van der Waals surface area contributed by atoms with Gasteiger partial charge in [-0.25, -0.2) is 0 Å². The molecule has 2 aliphatic rings. The van der Waals surface area contributed by atoms with Crippen molar-refractivity contribution in [2.75, 3.05) is 37.8 Å². The molecule has 6 nitrogen and oxygen atoms in total. The molecule has 0 bridgehead atoms. The van der Waals surface area contributed by atoms with Gasteiger partial charge in [0, 0.05) is 49.5 Å². The van der Waals surface area contributed by atoms with E-state index in [9.17, 15) is 9.59 Å². The second-order valence-corrected chi connectivity index (χ2v) is 7.58. The molecule has 1 spiro atoms. The van der Waals surface area contributed by atoms with Crippen LogP contribution in [0.1, 0.15) is 22.3 Å². The van der Waals surface area contributed by atoms with Gasteiger partial charge in [0.2, 0.25) is 5.91 Å². The van der Waals surface area contributed by atoms with Crippen LogP contribution in [0.25, 0.3) is 0 Å². The third-order valence-corrected chi connectivity index (χ3v) is 5.52. The first-order valence-electron chi connectivity index (χ1n) is 9.18. The lowest BCUT2D eigenvalue weighted by molar-refractivity contribution is -0.117. The fraction of sp³-hybridized carbons (Fsp3) is 0.333. The van der Waals surface area contributed by atoms with Gasteiger partial charge in [0.1, 0.15) is 0 Å². The van der Waals surface area contributed by atoms with Gasteiger partial charge in [-0.2, -0.15) is 0 Å². The Labute approximate surface area is 158 Å². The Kier molecular flexibility index (Phi) is 4.36. The van der Waals surface area contributed by atoms with Crippen molar-refractivity contribution >= 4 is 23.2 Å². The normalized spacial score (nSPS) is 23.0. The number of benzene rings is 2. The zero-order chi connectivity index (χ0) is 19.0. The second-order valence-electron chi connectivity index (χ2n) is 7.58. The van der Waals surface area contributed by atoms with Crippen LogP contribution >= 0.6 is 0 Å². The molecule has 2 aliphatic heterocycles. The maximum absolute atomic E-state index is 12.7. The third kappa shape index (κ3) is 3.17. The molecular formula is C21H24N4O2. The molecule has 0 radical (unpaired) electrons. The number of nitrogens with one attached hydrogen (secondary N) is 3. The van der Waals surface area contributed by atoms with Gasteiger partial charge >= 0.3 is 0 Å². The van der Waals surface area contributed by atoms with Crippen LogP contribution in [0.4, 0.5) is 11.4 Å². The summed E-state index contributed by atoms with van der Waals surface area (Å²) in [5.41, 5.74) is 3.73. The number of nitrogens with zero attached hydrogens (tertiary/aromatic N) is 1. The first-order chi connectivity index (χ1) is 13.0. The van der Waals surface area contributed by atoms with Crippen LogP contribution in [-0.4, -0.2) is 49.9 Å². The van der Waals surface area contributed by atoms with Gasteiger partial charge in [0.25, 0.3) is 5.91 Å². The highest BCUT2D eigenvalue weighted by Gasteiger charge is 2.46. The summed E-state index contributed by atoms with van der Waals surface area (Å²) in [4.78, 5) is 26.2. The van der Waals surface area contributed by atoms with Gasteiger partial charge in [0.15, 0.2) is 0 Å². The highest BCUT2D eigenvalue weighted by Crippen LogP contribution is 2.42. The number of hydrogen-bond donors (Lipinski definition) is 3. The number of carbonyl (C=O) groups excluding carboxylic acids is 2. The van der Waals surface area contributed by atoms with Crippen molar-refractivity contribution < 1.29 is 9.59 Å². The van der Waals surface area contributed by atoms with Crippen molar-refractivity contribution in [2.45, 2.75) is 17.9 Å². The summed E-state index contributed by atoms with van der Waals surface area (Å²) in [6.45, 7) is 1.63. The Hall–Kier alpha value is -2.86. The van der Waals surface area contributed by atoms with Crippen LogP contribution in [0, 0.1) is 0 Å². The van der Waals surface area contributed by atoms with Crippen LogP contribution in [0.2, 0.25) is 0 Å². The SMILES string of the molecule is CN(C)C(=O)c1ccc(NC(=O)C2CC3(CNc4ccccc43)CN2)cc1. The average molecular weight is 364 g/mol. The van der Waals surface area contributed by atoms with E-state index in [1.165, 1.54) is 16.2 Å². The molecule has 27 heavy (non-hydrogen) atoms. The standard InChI is InChI=1S/C21H24N4O2/c1-25(2)20(27)14-7-9-15(10-8-14)24-19(26)18-11-21(13-23-18)12-22-17-6-4-3-5-16(17)21/h3-10,18,22-23H,11-13H2,1-2H3,(H,24,26). The summed E-state index contributed by atoms with van der Waals surface area (Å²) in [5.74, 6) is -0.0948. The highest BCUT2D eigenvalue weighted by molar-refractivity contribution is 5.97. The average Bonchev–Trinajstić information content (AvgIpc) is 3.27. The van der Waals surface area contributed by atoms with Gasteiger partial charge < -0.3 is 20.9 Å². The predicted molar refractivity (Wildman–Crippen MR) is 106 cm³/mol. The number of hydrogen-bond acceptors (Lipinski definition) is 4. The molecule has 140 valence electrons. The van der Waals surface area contributed by atoms with Crippen molar-refractivity contribution in [3.05, 3.63) is 59.7 Å². The van der Waals surface area contributed by atoms with E-state index in [2.05, 4.69) is 34.1 Å². The van der Waals surface area contributed by atoms with E-state index in [0.29, 0.717) is 11.3 Å². The number of anilines is 2. The minimum atomic E-state index is -0.235. The zero-order valence-electron chi connectivity index (χ0n) is 15.6. The largest absolute Gasteiger partial charge is 0.384 e. The molecule has 1 saturated heterocycles. The topological polar surface area (TPSA) is 73.5 Å². The van der Waals surface area contributed by atoms with E-state index in [1.807, 2.05) is 6.07 Å². The Bertz CT molecular complexity index is 878. The number of fused-ring (bicyclic) bond motifs is 2. The van der Waals surface area contributed by atoms with Gasteiger partial charge in [-0.05, 0) is 42.3 Å². The molecule has 3 N–H and O–H groups in total. The molecule has 2 heterocycles. The van der Waals surface area contributed by atoms with Crippen LogP contribution in [-0.2, 0) is 10.2 Å². The van der Waals surface area contributed by atoms with Crippen molar-refractivity contribution in [3.63, 3.8) is 0 Å². The number of rotatable bonds is 3. The monoisotopic (exact) mass is 364 g/mol. The molecule has 2 aromatic rings. The molecule has 2 aromatic carbocycles. The Morgan fingerprint density at radius 3 is 2.56 bits per heavy atom. The predicted octanol–water partition coefficient (Wildman–Crippen LogP) is 2.05. The minimum absolute atomic E-state index is 0.0272. The Balaban J connectivity index is 1.42. The van der Waals surface area contributed by atoms with Crippen molar-refractivity contribution in [3.8, 4) is 0 Å². The van der Waals surface area contributed by atoms with E-state index in [-0.39, 0.29) is 23.3 Å². The van der Waals surface area contributed by atoms with Crippen LogP contribution < -0.4 is 16.0 Å². The summed E-state index contributed by atoms with van der Waals surface area (Å²) in [6.07, 6.45) is 0.764. The molecular weight excluding hydrogens is 340 g/mol. The lowest BCUT2D eigenvalue weighted by atomic mass is 9.80. The van der Waals surface area contributed by atoms with E-state index in [1.54, 1.807) is 38.4 Å². The first kappa shape index (κ1) is 17.5. The van der Waals surface area contributed by atoms with E-state index in [0.717, 1.165) is 19.5 Å². The van der Waals surface area contributed by atoms with Crippen molar-refractivity contribution in [1.82, 2.24) is 10.2 Å². The fourth-order valence-corrected chi connectivity index (χ4v) is 4.02. The fourth-order valence-electron chi connectivity index (χ4n) is 4.02. The Morgan fingerprint density at radius 1 is 1.07 bits per heavy atom. The summed E-state index contributed by atoms with van der Waals surface area (Å²) in [6, 6.07) is 15.1. The zero-order valence-corrected chi connectivity index (χ0v) is 15.6. The number of amides is 2. The van der Waals surface area contributed by atoms with Gasteiger partial charge in [0.05, 0.1) is 6.04 Å². The summed E-state index contributed by atoms with van der Waals surface area (Å²) in [5, 5.41) is 9.81. The molecule has 2 unspecified atom stereocenters. The molecule has 2 atom stereocenters. The third-order valence-electron chi connectivity index (χ3n) is 5.52. The van der Waals surface area contributed by atoms with E-state index in [4.69, 9.17) is 0 Å². The molecule has 1 fully saturated rings. The highest BCUT2D eigenvalue weighted by atomic mass is 16.2. The quantitative estimate of drug-likeness (QED) is 0.779. The van der Waals surface area contributed by atoms with Crippen LogP contribution in [0.15, 0.2) is 48.5 Å². The maximum Gasteiger partial charge on any atom is 0.253 e. The lowest BCUT2D eigenvalue weighted by Crippen LogP contribution is -2.35. The van der Waals surface area contributed by atoms with Crippen molar-refractivity contribution in [1.29, 1.82) is 0 Å². The van der Waals surface area contributed by atoms with Crippen molar-refractivity contribution in [2.24, 2.45) is 0 Å². The molecule has 0 saturated carbocycles. The maximum atomic E-state index is 12.7. The second kappa shape index (κ2) is 6.70. The van der Waals surface area contributed by atoms with E-state index < -0.39 is 0 Å². The van der Waals surface area contributed by atoms with Crippen LogP contribution in [0.3, 0.4) is 0 Å². The van der Waals surface area contributed by atoms with Gasteiger partial charge in [-0.15, -0.1) is 0 Å². The molecule has 0 aromatic heterocycles. The van der Waals surface area contributed by atoms with Crippen LogP contribution in [0.5, 0.6) is 0 Å².